The van der Waals surface area contributed by atoms with Crippen molar-refractivity contribution in [2.45, 2.75) is 39.0 Å². The lowest BCUT2D eigenvalue weighted by molar-refractivity contribution is 0.152. The number of carbonyl (C=O) groups excluding carboxylic acids is 1. The highest BCUT2D eigenvalue weighted by Gasteiger charge is 2.47. The third kappa shape index (κ3) is 3.87. The molecular formula is C13H23NO2. The first-order valence-corrected chi connectivity index (χ1v) is 6.23. The second kappa shape index (κ2) is 6.56. The Hall–Kier alpha value is -0.990. The van der Waals surface area contributed by atoms with Gasteiger partial charge in [-0.05, 0) is 37.0 Å². The molecule has 1 rings (SSSR count). The first-order chi connectivity index (χ1) is 7.70. The van der Waals surface area contributed by atoms with E-state index in [-0.39, 0.29) is 0 Å². The lowest BCUT2D eigenvalue weighted by Crippen LogP contribution is -2.14. The number of amides is 1. The van der Waals surface area contributed by atoms with Crippen molar-refractivity contribution in [3.8, 4) is 0 Å². The van der Waals surface area contributed by atoms with Gasteiger partial charge in [-0.25, -0.2) is 4.79 Å². The van der Waals surface area contributed by atoms with Crippen LogP contribution in [0.3, 0.4) is 0 Å². The molecule has 2 N–H and O–H groups in total. The van der Waals surface area contributed by atoms with Crippen LogP contribution in [0.5, 0.6) is 0 Å². The summed E-state index contributed by atoms with van der Waals surface area (Å²) in [6, 6.07) is 0. The molecule has 1 saturated carbocycles. The minimum atomic E-state index is -0.657. The van der Waals surface area contributed by atoms with Crippen LogP contribution in [-0.4, -0.2) is 12.7 Å². The molecule has 0 aromatic rings. The van der Waals surface area contributed by atoms with Crippen LogP contribution in [0.2, 0.25) is 0 Å². The molecule has 0 bridgehead atoms. The van der Waals surface area contributed by atoms with Gasteiger partial charge in [-0.15, -0.1) is 6.58 Å². The smallest absolute Gasteiger partial charge is 0.404 e. The molecule has 3 heteroatoms. The predicted molar refractivity (Wildman–Crippen MR) is 65.0 cm³/mol. The minimum Gasteiger partial charge on any atom is -0.450 e. The van der Waals surface area contributed by atoms with Gasteiger partial charge in [0.25, 0.3) is 0 Å². The number of carbonyl (C=O) groups is 1. The minimum absolute atomic E-state index is 0.477. The summed E-state index contributed by atoms with van der Waals surface area (Å²) in [6.45, 7) is 6.46. The standard InChI is InChI=1S/C13H23NO2/c1-3-5-7-11-10(6-4-2)12(11)8-9-16-13(14)15/h3,10-12H,1,4-9H2,2H3,(H2,14,15)/t10-,11+,12-/m1/s1. The van der Waals surface area contributed by atoms with Crippen LogP contribution in [0.15, 0.2) is 12.7 Å². The Morgan fingerprint density at radius 1 is 1.31 bits per heavy atom. The molecule has 0 saturated heterocycles. The number of rotatable bonds is 8. The van der Waals surface area contributed by atoms with Gasteiger partial charge in [0, 0.05) is 0 Å². The number of nitrogens with two attached hydrogens (primary N) is 1. The Kier molecular flexibility index (Phi) is 5.36. The van der Waals surface area contributed by atoms with Crippen molar-refractivity contribution in [2.75, 3.05) is 6.61 Å². The van der Waals surface area contributed by atoms with Crippen LogP contribution >= 0.6 is 0 Å². The van der Waals surface area contributed by atoms with Crippen LogP contribution in [0.1, 0.15) is 39.0 Å². The van der Waals surface area contributed by atoms with E-state index in [1.54, 1.807) is 0 Å². The van der Waals surface area contributed by atoms with Crippen molar-refractivity contribution in [1.82, 2.24) is 0 Å². The third-order valence-corrected chi connectivity index (χ3v) is 3.53. The van der Waals surface area contributed by atoms with E-state index >= 15 is 0 Å². The number of hydrogen-bond acceptors (Lipinski definition) is 2. The van der Waals surface area contributed by atoms with Crippen LogP contribution in [0.25, 0.3) is 0 Å². The fourth-order valence-electron chi connectivity index (χ4n) is 2.75. The molecule has 1 aliphatic rings. The lowest BCUT2D eigenvalue weighted by atomic mass is 10.1. The van der Waals surface area contributed by atoms with E-state index in [9.17, 15) is 4.79 Å². The molecule has 0 aliphatic heterocycles. The van der Waals surface area contributed by atoms with Gasteiger partial charge in [-0.3, -0.25) is 0 Å². The van der Waals surface area contributed by atoms with Crippen molar-refractivity contribution >= 4 is 6.09 Å². The molecule has 0 heterocycles. The summed E-state index contributed by atoms with van der Waals surface area (Å²) in [5.41, 5.74) is 4.93. The maximum absolute atomic E-state index is 10.4. The summed E-state index contributed by atoms with van der Waals surface area (Å²) in [5, 5.41) is 0. The summed E-state index contributed by atoms with van der Waals surface area (Å²) in [5.74, 6) is 2.38. The molecule has 3 atom stereocenters. The van der Waals surface area contributed by atoms with Crippen molar-refractivity contribution in [1.29, 1.82) is 0 Å². The van der Waals surface area contributed by atoms with Gasteiger partial charge in [0.1, 0.15) is 0 Å². The maximum atomic E-state index is 10.4. The summed E-state index contributed by atoms with van der Waals surface area (Å²) in [4.78, 5) is 10.4. The largest absolute Gasteiger partial charge is 0.450 e. The number of allylic oxidation sites excluding steroid dienone is 1. The first-order valence-electron chi connectivity index (χ1n) is 6.23. The zero-order valence-corrected chi connectivity index (χ0v) is 10.2. The van der Waals surface area contributed by atoms with Crippen molar-refractivity contribution in [3.63, 3.8) is 0 Å². The van der Waals surface area contributed by atoms with Crippen LogP contribution in [-0.2, 0) is 4.74 Å². The van der Waals surface area contributed by atoms with Crippen LogP contribution in [0, 0.1) is 17.8 Å². The number of hydrogen-bond donors (Lipinski definition) is 1. The second-order valence-corrected chi connectivity index (χ2v) is 4.60. The highest BCUT2D eigenvalue weighted by Crippen LogP contribution is 2.53. The van der Waals surface area contributed by atoms with Crippen molar-refractivity contribution < 1.29 is 9.53 Å². The number of ether oxygens (including phenoxy) is 1. The summed E-state index contributed by atoms with van der Waals surface area (Å²) in [6.07, 6.45) is 7.16. The molecule has 3 nitrogen and oxygen atoms in total. The second-order valence-electron chi connectivity index (χ2n) is 4.60. The number of primary amides is 1. The van der Waals surface area contributed by atoms with E-state index < -0.39 is 6.09 Å². The lowest BCUT2D eigenvalue weighted by Gasteiger charge is -2.00. The SMILES string of the molecule is C=CCC[C@H]1[C@@H](CCC)[C@H]1CCOC(N)=O. The molecule has 1 amide bonds. The monoisotopic (exact) mass is 225 g/mol. The van der Waals surface area contributed by atoms with Gasteiger partial charge in [0.2, 0.25) is 0 Å². The molecule has 0 radical (unpaired) electrons. The van der Waals surface area contributed by atoms with E-state index in [4.69, 9.17) is 10.5 Å². The Labute approximate surface area is 98.0 Å². The Morgan fingerprint density at radius 2 is 1.94 bits per heavy atom. The zero-order valence-electron chi connectivity index (χ0n) is 10.2. The van der Waals surface area contributed by atoms with Gasteiger partial charge in [-0.2, -0.15) is 0 Å². The van der Waals surface area contributed by atoms with E-state index in [2.05, 4.69) is 13.5 Å². The quantitative estimate of drug-likeness (QED) is 0.645. The molecule has 0 aromatic carbocycles. The van der Waals surface area contributed by atoms with Crippen LogP contribution in [0.4, 0.5) is 4.79 Å². The molecule has 92 valence electrons. The summed E-state index contributed by atoms with van der Waals surface area (Å²) >= 11 is 0. The molecular weight excluding hydrogens is 202 g/mol. The molecule has 1 aliphatic carbocycles. The van der Waals surface area contributed by atoms with E-state index in [0.29, 0.717) is 6.61 Å². The average molecular weight is 225 g/mol. The van der Waals surface area contributed by atoms with Crippen LogP contribution < -0.4 is 5.73 Å². The fourth-order valence-corrected chi connectivity index (χ4v) is 2.75. The van der Waals surface area contributed by atoms with E-state index in [1.165, 1.54) is 19.3 Å². The Morgan fingerprint density at radius 3 is 2.50 bits per heavy atom. The molecule has 1 fully saturated rings. The zero-order chi connectivity index (χ0) is 12.0. The third-order valence-electron chi connectivity index (χ3n) is 3.53. The highest BCUT2D eigenvalue weighted by molar-refractivity contribution is 5.64. The van der Waals surface area contributed by atoms with E-state index in [1.807, 2.05) is 6.08 Å². The summed E-state index contributed by atoms with van der Waals surface area (Å²) < 4.78 is 4.79. The molecule has 16 heavy (non-hydrogen) atoms. The molecule has 0 unspecified atom stereocenters. The van der Waals surface area contributed by atoms with E-state index in [0.717, 1.165) is 30.6 Å². The maximum Gasteiger partial charge on any atom is 0.404 e. The first kappa shape index (κ1) is 13.1. The van der Waals surface area contributed by atoms with Crippen molar-refractivity contribution in [3.05, 3.63) is 12.7 Å². The Bertz CT molecular complexity index is 240. The fraction of sp³-hybridized carbons (Fsp3) is 0.769. The topological polar surface area (TPSA) is 52.3 Å². The Balaban J connectivity index is 2.22. The average Bonchev–Trinajstić information content (AvgIpc) is 2.88. The van der Waals surface area contributed by atoms with Gasteiger partial charge >= 0.3 is 6.09 Å². The normalized spacial score (nSPS) is 27.4. The summed E-state index contributed by atoms with van der Waals surface area (Å²) in [7, 11) is 0. The molecule has 0 spiro atoms. The van der Waals surface area contributed by atoms with Crippen molar-refractivity contribution in [2.24, 2.45) is 23.5 Å². The van der Waals surface area contributed by atoms with Gasteiger partial charge in [0.05, 0.1) is 6.61 Å². The van der Waals surface area contributed by atoms with Gasteiger partial charge < -0.3 is 10.5 Å². The van der Waals surface area contributed by atoms with Gasteiger partial charge in [-0.1, -0.05) is 25.8 Å². The highest BCUT2D eigenvalue weighted by atomic mass is 16.5. The van der Waals surface area contributed by atoms with Gasteiger partial charge in [0.15, 0.2) is 0 Å². The molecule has 0 aromatic heterocycles. The predicted octanol–water partition coefficient (Wildman–Crippen LogP) is 3.10.